The average molecular weight is 510 g/mol. The molecule has 2 N–H and O–H groups in total. The highest BCUT2D eigenvalue weighted by molar-refractivity contribution is 5.93. The van der Waals surface area contributed by atoms with Crippen LogP contribution in [-0.2, 0) is 9.59 Å². The molecule has 1 atom stereocenters. The maximum atomic E-state index is 12.7. The van der Waals surface area contributed by atoms with Gasteiger partial charge in [0, 0.05) is 44.7 Å². The second kappa shape index (κ2) is 16.1. The number of allylic oxidation sites excluding steroid dienone is 1. The summed E-state index contributed by atoms with van der Waals surface area (Å²) in [5, 5.41) is 9.98. The minimum absolute atomic E-state index is 0.114. The first kappa shape index (κ1) is 29.5. The number of carbonyl (C=O) groups excluding carboxylic acids is 2. The van der Waals surface area contributed by atoms with E-state index < -0.39 is 6.04 Å². The van der Waals surface area contributed by atoms with Gasteiger partial charge in [0.05, 0.1) is 17.5 Å². The molecule has 10 heteroatoms. The molecule has 1 aromatic rings. The molecule has 1 unspecified atom stereocenters. The Hall–Kier alpha value is -3.71. The van der Waals surface area contributed by atoms with Crippen molar-refractivity contribution in [2.24, 2.45) is 9.98 Å². The number of amides is 2. The SMILES string of the molecule is C=N/C(NCCC)=C(C#CCCCNC(=O)C1CCCN1C(=O)/C=C/CN(C)C)\C=N/c1cc(C)no1. The van der Waals surface area contributed by atoms with Crippen molar-refractivity contribution in [1.29, 1.82) is 0 Å². The summed E-state index contributed by atoms with van der Waals surface area (Å²) in [6.45, 7) is 10.0. The van der Waals surface area contributed by atoms with Gasteiger partial charge in [0.1, 0.15) is 11.9 Å². The first-order valence-electron chi connectivity index (χ1n) is 12.7. The van der Waals surface area contributed by atoms with Gasteiger partial charge < -0.3 is 25.0 Å². The van der Waals surface area contributed by atoms with E-state index in [1.165, 1.54) is 0 Å². The minimum atomic E-state index is -0.418. The molecule has 1 saturated heterocycles. The van der Waals surface area contributed by atoms with Gasteiger partial charge in [0.15, 0.2) is 0 Å². The minimum Gasteiger partial charge on any atom is -0.369 e. The van der Waals surface area contributed by atoms with Crippen molar-refractivity contribution in [2.75, 3.05) is 40.3 Å². The van der Waals surface area contributed by atoms with Crippen LogP contribution in [0.3, 0.4) is 0 Å². The summed E-state index contributed by atoms with van der Waals surface area (Å²) in [7, 11) is 3.88. The van der Waals surface area contributed by atoms with Gasteiger partial charge >= 0.3 is 0 Å². The van der Waals surface area contributed by atoms with Gasteiger partial charge in [-0.1, -0.05) is 30.0 Å². The number of hydrogen-bond donors (Lipinski definition) is 2. The first-order valence-corrected chi connectivity index (χ1v) is 12.7. The Morgan fingerprint density at radius 3 is 2.84 bits per heavy atom. The van der Waals surface area contributed by atoms with Gasteiger partial charge in [-0.05, 0) is 53.4 Å². The van der Waals surface area contributed by atoms with E-state index in [2.05, 4.69) is 51.3 Å². The lowest BCUT2D eigenvalue weighted by molar-refractivity contribution is -0.135. The largest absolute Gasteiger partial charge is 0.369 e. The van der Waals surface area contributed by atoms with Crippen molar-refractivity contribution in [2.45, 2.75) is 52.0 Å². The van der Waals surface area contributed by atoms with Crippen LogP contribution in [-0.4, -0.2) is 86.0 Å². The second-order valence-corrected chi connectivity index (χ2v) is 8.96. The smallest absolute Gasteiger partial charge is 0.250 e. The van der Waals surface area contributed by atoms with E-state index in [9.17, 15) is 9.59 Å². The molecule has 200 valence electrons. The van der Waals surface area contributed by atoms with Crippen LogP contribution < -0.4 is 10.6 Å². The maximum Gasteiger partial charge on any atom is 0.250 e. The van der Waals surface area contributed by atoms with Crippen molar-refractivity contribution in [3.63, 3.8) is 0 Å². The number of hydrogen-bond acceptors (Lipinski definition) is 8. The van der Waals surface area contributed by atoms with Crippen molar-refractivity contribution < 1.29 is 14.1 Å². The molecule has 1 fully saturated rings. The van der Waals surface area contributed by atoms with E-state index in [4.69, 9.17) is 4.52 Å². The molecule has 0 aromatic carbocycles. The average Bonchev–Trinajstić information content (AvgIpc) is 3.53. The zero-order valence-electron chi connectivity index (χ0n) is 22.4. The molecular weight excluding hydrogens is 470 g/mol. The van der Waals surface area contributed by atoms with Gasteiger partial charge in [-0.25, -0.2) is 9.98 Å². The van der Waals surface area contributed by atoms with Crippen molar-refractivity contribution >= 4 is 30.6 Å². The van der Waals surface area contributed by atoms with E-state index >= 15 is 0 Å². The van der Waals surface area contributed by atoms with Crippen LogP contribution in [0.25, 0.3) is 0 Å². The van der Waals surface area contributed by atoms with Crippen LogP contribution in [0, 0.1) is 18.8 Å². The number of unbranched alkanes of at least 4 members (excludes halogenated alkanes) is 1. The normalized spacial score (nSPS) is 16.1. The summed E-state index contributed by atoms with van der Waals surface area (Å²) in [5.74, 6) is 6.91. The number of aliphatic imine (C=N–C) groups is 2. The summed E-state index contributed by atoms with van der Waals surface area (Å²) >= 11 is 0. The Bertz CT molecular complexity index is 1060. The van der Waals surface area contributed by atoms with Crippen molar-refractivity contribution in [1.82, 2.24) is 25.6 Å². The summed E-state index contributed by atoms with van der Waals surface area (Å²) < 4.78 is 5.13. The zero-order chi connectivity index (χ0) is 27.0. The van der Waals surface area contributed by atoms with Gasteiger partial charge in [-0.2, -0.15) is 0 Å². The molecule has 1 aliphatic heterocycles. The predicted octanol–water partition coefficient (Wildman–Crippen LogP) is 2.61. The lowest BCUT2D eigenvalue weighted by Crippen LogP contribution is -2.45. The number of likely N-dealkylation sites (tertiary alicyclic amines) is 1. The first-order chi connectivity index (χ1) is 17.8. The molecule has 0 aliphatic carbocycles. The summed E-state index contributed by atoms with van der Waals surface area (Å²) in [4.78, 5) is 37.2. The fourth-order valence-corrected chi connectivity index (χ4v) is 3.60. The Kier molecular flexibility index (Phi) is 12.9. The van der Waals surface area contributed by atoms with Crippen LogP contribution in [0.4, 0.5) is 5.88 Å². The Morgan fingerprint density at radius 2 is 2.16 bits per heavy atom. The molecule has 2 rings (SSSR count). The number of aromatic nitrogens is 1. The highest BCUT2D eigenvalue weighted by atomic mass is 16.5. The van der Waals surface area contributed by atoms with Crippen LogP contribution >= 0.6 is 0 Å². The summed E-state index contributed by atoms with van der Waals surface area (Å²) in [6.07, 6.45) is 8.63. The molecule has 37 heavy (non-hydrogen) atoms. The fraction of sp³-hybridized carbons (Fsp3) is 0.519. The lowest BCUT2D eigenvalue weighted by atomic mass is 10.2. The number of nitrogens with zero attached hydrogens (tertiary/aromatic N) is 5. The van der Waals surface area contributed by atoms with E-state index in [0.717, 1.165) is 25.1 Å². The molecule has 2 heterocycles. The summed E-state index contributed by atoms with van der Waals surface area (Å²) in [5.41, 5.74) is 1.33. The van der Waals surface area contributed by atoms with Crippen molar-refractivity contribution in [3.8, 4) is 11.8 Å². The van der Waals surface area contributed by atoms with E-state index in [0.29, 0.717) is 56.2 Å². The van der Waals surface area contributed by atoms with E-state index in [1.54, 1.807) is 23.3 Å². The highest BCUT2D eigenvalue weighted by Crippen LogP contribution is 2.18. The van der Waals surface area contributed by atoms with E-state index in [-0.39, 0.29) is 11.8 Å². The Morgan fingerprint density at radius 1 is 1.35 bits per heavy atom. The Labute approximate surface area is 220 Å². The molecule has 0 bridgehead atoms. The maximum absolute atomic E-state index is 12.7. The van der Waals surface area contributed by atoms with Gasteiger partial charge in [0.25, 0.3) is 5.88 Å². The fourth-order valence-electron chi connectivity index (χ4n) is 3.60. The molecule has 2 amide bonds. The van der Waals surface area contributed by atoms with Crippen LogP contribution in [0.5, 0.6) is 0 Å². The lowest BCUT2D eigenvalue weighted by Gasteiger charge is -2.22. The summed E-state index contributed by atoms with van der Waals surface area (Å²) in [6, 6.07) is 1.31. The number of nitrogens with one attached hydrogen (secondary N) is 2. The zero-order valence-corrected chi connectivity index (χ0v) is 22.4. The molecule has 0 radical (unpaired) electrons. The third-order valence-corrected chi connectivity index (χ3v) is 5.46. The molecule has 1 aliphatic rings. The number of carbonyl (C=O) groups is 2. The number of rotatable bonds is 13. The predicted molar refractivity (Wildman–Crippen MR) is 147 cm³/mol. The standard InChI is InChI=1S/C27H39N7O3/c1-6-15-29-26(28-3)22(20-31-24-19-21(2)32-37-24)12-8-7-9-16-30-27(36)23-13-10-18-34(23)25(35)14-11-17-33(4)5/h11,14,19-20,23,29H,3,6-7,9-10,13,15-18H2,1-2,4-5H3,(H,30,36)/b14-11+,26-22+,31-20-. The van der Waals surface area contributed by atoms with Gasteiger partial charge in [-0.15, -0.1) is 0 Å². The Balaban J connectivity index is 1.90. The highest BCUT2D eigenvalue weighted by Gasteiger charge is 2.32. The number of aryl methyl sites for hydroxylation is 1. The third kappa shape index (κ3) is 10.4. The molecule has 0 spiro atoms. The second-order valence-electron chi connectivity index (χ2n) is 8.96. The van der Waals surface area contributed by atoms with Gasteiger partial charge in [0.2, 0.25) is 11.8 Å². The topological polar surface area (TPSA) is 115 Å². The van der Waals surface area contributed by atoms with Crippen molar-refractivity contribution in [3.05, 3.63) is 35.3 Å². The monoisotopic (exact) mass is 509 g/mol. The van der Waals surface area contributed by atoms with Crippen LogP contribution in [0.2, 0.25) is 0 Å². The van der Waals surface area contributed by atoms with Crippen LogP contribution in [0.15, 0.2) is 44.1 Å². The quantitative estimate of drug-likeness (QED) is 0.183. The molecule has 1 aromatic heterocycles. The molecular formula is C27H39N7O3. The van der Waals surface area contributed by atoms with Crippen LogP contribution in [0.1, 0.15) is 44.7 Å². The molecule has 0 saturated carbocycles. The van der Waals surface area contributed by atoms with Gasteiger partial charge in [-0.3, -0.25) is 9.59 Å². The molecule has 10 nitrogen and oxygen atoms in total. The third-order valence-electron chi connectivity index (χ3n) is 5.46. The van der Waals surface area contributed by atoms with E-state index in [1.807, 2.05) is 32.0 Å². The number of likely N-dealkylation sites (N-methyl/N-ethyl adjacent to an activating group) is 1.